The molecular formula is C34H38N4O2. The third kappa shape index (κ3) is 6.70. The minimum Gasteiger partial charge on any atom is -0.397 e. The van der Waals surface area contributed by atoms with Crippen LogP contribution in [-0.2, 0) is 17.3 Å². The van der Waals surface area contributed by atoms with Crippen LogP contribution < -0.4 is 22.1 Å². The van der Waals surface area contributed by atoms with E-state index < -0.39 is 0 Å². The Kier molecular flexibility index (Phi) is 8.01. The molecule has 2 amide bonds. The summed E-state index contributed by atoms with van der Waals surface area (Å²) in [5.74, 6) is -0.410. The molecular weight excluding hydrogens is 496 g/mol. The highest BCUT2D eigenvalue weighted by atomic mass is 16.2. The summed E-state index contributed by atoms with van der Waals surface area (Å²) in [5.41, 5.74) is 18.2. The van der Waals surface area contributed by atoms with Crippen LogP contribution in [0.1, 0.15) is 72.0 Å². The summed E-state index contributed by atoms with van der Waals surface area (Å²) < 4.78 is 0. The fourth-order valence-electron chi connectivity index (χ4n) is 4.65. The lowest BCUT2D eigenvalue weighted by Crippen LogP contribution is -2.23. The summed E-state index contributed by atoms with van der Waals surface area (Å²) in [6.07, 6.45) is 0.705. The van der Waals surface area contributed by atoms with E-state index in [0.717, 1.165) is 16.7 Å². The van der Waals surface area contributed by atoms with Gasteiger partial charge in [0.25, 0.3) is 11.8 Å². The number of nitrogens with two attached hydrogens (primary N) is 2. The number of hydrogen-bond donors (Lipinski definition) is 4. The topological polar surface area (TPSA) is 110 Å². The Morgan fingerprint density at radius 3 is 1.62 bits per heavy atom. The van der Waals surface area contributed by atoms with Gasteiger partial charge in [-0.05, 0) is 82.5 Å². The van der Waals surface area contributed by atoms with Crippen molar-refractivity contribution >= 4 is 34.6 Å². The molecule has 6 N–H and O–H groups in total. The van der Waals surface area contributed by atoms with Gasteiger partial charge in [0.05, 0.1) is 22.7 Å². The molecule has 4 rings (SSSR count). The Morgan fingerprint density at radius 2 is 1.12 bits per heavy atom. The average Bonchev–Trinajstić information content (AvgIpc) is 2.90. The van der Waals surface area contributed by atoms with Crippen LogP contribution >= 0.6 is 0 Å². The second kappa shape index (κ2) is 11.3. The Hall–Kier alpha value is -4.58. The first-order valence-electron chi connectivity index (χ1n) is 13.4. The predicted molar refractivity (Wildman–Crippen MR) is 166 cm³/mol. The Bertz CT molecular complexity index is 1530. The molecule has 0 unspecified atom stereocenters. The van der Waals surface area contributed by atoms with Crippen molar-refractivity contribution in [3.63, 3.8) is 0 Å². The number of hydrogen-bond acceptors (Lipinski definition) is 4. The first-order valence-corrected chi connectivity index (χ1v) is 13.4. The maximum atomic E-state index is 13.3. The number of amides is 2. The molecule has 0 radical (unpaired) electrons. The minimum atomic E-state index is -0.257. The van der Waals surface area contributed by atoms with Gasteiger partial charge in [0.1, 0.15) is 0 Å². The van der Waals surface area contributed by atoms with Crippen molar-refractivity contribution in [1.82, 2.24) is 0 Å². The van der Waals surface area contributed by atoms with Crippen molar-refractivity contribution < 1.29 is 9.59 Å². The van der Waals surface area contributed by atoms with Crippen molar-refractivity contribution in [2.75, 3.05) is 22.1 Å². The maximum absolute atomic E-state index is 13.3. The Balaban J connectivity index is 1.56. The zero-order valence-electron chi connectivity index (χ0n) is 23.8. The number of para-hydroxylation sites is 4. The molecule has 0 spiro atoms. The molecule has 0 saturated heterocycles. The standard InChI is InChI=1S/C34H38N4O2/c1-33(2,3)26-19-22(18-24(20-26)32(40)38-30-13-9-7-11-28(30)36)21-34(4,5)25-16-14-23(15-17-25)31(39)37-29-12-8-6-10-27(29)35/h6-20H,21,35-36H2,1-5H3,(H,37,39)(H,38,40). The van der Waals surface area contributed by atoms with Crippen LogP contribution in [0.25, 0.3) is 0 Å². The maximum Gasteiger partial charge on any atom is 0.255 e. The summed E-state index contributed by atoms with van der Waals surface area (Å²) in [4.78, 5) is 26.1. The van der Waals surface area contributed by atoms with E-state index >= 15 is 0 Å². The zero-order valence-corrected chi connectivity index (χ0v) is 23.8. The van der Waals surface area contributed by atoms with Crippen molar-refractivity contribution in [2.24, 2.45) is 0 Å². The van der Waals surface area contributed by atoms with E-state index in [2.05, 4.69) is 51.3 Å². The van der Waals surface area contributed by atoms with Crippen LogP contribution in [0.3, 0.4) is 0 Å². The molecule has 0 atom stereocenters. The van der Waals surface area contributed by atoms with Gasteiger partial charge in [0, 0.05) is 11.1 Å². The highest BCUT2D eigenvalue weighted by Gasteiger charge is 2.25. The fourth-order valence-corrected chi connectivity index (χ4v) is 4.65. The molecule has 0 aliphatic rings. The normalized spacial score (nSPS) is 11.6. The van der Waals surface area contributed by atoms with Gasteiger partial charge in [0.2, 0.25) is 0 Å². The molecule has 0 saturated carbocycles. The van der Waals surface area contributed by atoms with E-state index in [4.69, 9.17) is 11.5 Å². The molecule has 0 aliphatic heterocycles. The van der Waals surface area contributed by atoms with Crippen molar-refractivity contribution in [2.45, 2.75) is 51.9 Å². The molecule has 6 nitrogen and oxygen atoms in total. The van der Waals surface area contributed by atoms with Gasteiger partial charge < -0.3 is 22.1 Å². The van der Waals surface area contributed by atoms with E-state index in [0.29, 0.717) is 40.3 Å². The van der Waals surface area contributed by atoms with Crippen LogP contribution in [0.4, 0.5) is 22.7 Å². The quantitative estimate of drug-likeness (QED) is 0.188. The summed E-state index contributed by atoms with van der Waals surface area (Å²) >= 11 is 0. The predicted octanol–water partition coefficient (Wildman–Crippen LogP) is 7.17. The molecule has 0 aromatic heterocycles. The molecule has 0 fully saturated rings. The van der Waals surface area contributed by atoms with Crippen molar-refractivity contribution in [1.29, 1.82) is 0 Å². The van der Waals surface area contributed by atoms with Gasteiger partial charge in [-0.2, -0.15) is 0 Å². The monoisotopic (exact) mass is 534 g/mol. The Labute approximate surface area is 236 Å². The van der Waals surface area contributed by atoms with Gasteiger partial charge in [-0.15, -0.1) is 0 Å². The number of nitrogens with one attached hydrogen (secondary N) is 2. The molecule has 40 heavy (non-hydrogen) atoms. The van der Waals surface area contributed by atoms with E-state index in [1.807, 2.05) is 60.7 Å². The largest absolute Gasteiger partial charge is 0.397 e. The SMILES string of the molecule is CC(C)(C)c1cc(CC(C)(C)c2ccc(C(=O)Nc3ccccc3N)cc2)cc(C(=O)Nc2ccccc2N)c1. The van der Waals surface area contributed by atoms with Crippen LogP contribution in [0.5, 0.6) is 0 Å². The highest BCUT2D eigenvalue weighted by molar-refractivity contribution is 6.06. The van der Waals surface area contributed by atoms with E-state index in [9.17, 15) is 9.59 Å². The summed E-state index contributed by atoms with van der Waals surface area (Å²) in [6.45, 7) is 10.8. The fraction of sp³-hybridized carbons (Fsp3) is 0.235. The number of benzene rings is 4. The number of nitrogen functional groups attached to an aromatic ring is 2. The summed E-state index contributed by atoms with van der Waals surface area (Å²) in [5, 5.41) is 5.83. The number of carbonyl (C=O) groups is 2. The zero-order chi connectivity index (χ0) is 29.1. The second-order valence-electron chi connectivity index (χ2n) is 11.9. The van der Waals surface area contributed by atoms with E-state index in [1.165, 1.54) is 0 Å². The number of rotatable bonds is 7. The van der Waals surface area contributed by atoms with Gasteiger partial charge in [-0.1, -0.05) is 77.1 Å². The lowest BCUT2D eigenvalue weighted by atomic mass is 9.77. The van der Waals surface area contributed by atoms with Gasteiger partial charge >= 0.3 is 0 Å². The molecule has 0 aliphatic carbocycles. The summed E-state index contributed by atoms with van der Waals surface area (Å²) in [6, 6.07) is 28.2. The van der Waals surface area contributed by atoms with Crippen LogP contribution in [0, 0.1) is 0 Å². The highest BCUT2D eigenvalue weighted by Crippen LogP contribution is 2.32. The van der Waals surface area contributed by atoms with Crippen molar-refractivity contribution in [3.8, 4) is 0 Å². The third-order valence-corrected chi connectivity index (χ3v) is 7.11. The number of anilines is 4. The molecule has 0 bridgehead atoms. The molecule has 6 heteroatoms. The van der Waals surface area contributed by atoms with Crippen LogP contribution in [-0.4, -0.2) is 11.8 Å². The van der Waals surface area contributed by atoms with Crippen molar-refractivity contribution in [3.05, 3.63) is 119 Å². The molecule has 206 valence electrons. The first-order chi connectivity index (χ1) is 18.8. The van der Waals surface area contributed by atoms with Gasteiger partial charge in [-0.3, -0.25) is 9.59 Å². The van der Waals surface area contributed by atoms with E-state index in [-0.39, 0.29) is 22.6 Å². The number of carbonyl (C=O) groups excluding carboxylic acids is 2. The molecule has 0 heterocycles. The summed E-state index contributed by atoms with van der Waals surface area (Å²) in [7, 11) is 0. The molecule has 4 aromatic carbocycles. The smallest absolute Gasteiger partial charge is 0.255 e. The lowest BCUT2D eigenvalue weighted by molar-refractivity contribution is 0.101. The minimum absolute atomic E-state index is 0.141. The second-order valence-corrected chi connectivity index (χ2v) is 11.9. The molecule has 4 aromatic rings. The average molecular weight is 535 g/mol. The lowest BCUT2D eigenvalue weighted by Gasteiger charge is -2.28. The van der Waals surface area contributed by atoms with Gasteiger partial charge in [-0.25, -0.2) is 0 Å². The van der Waals surface area contributed by atoms with E-state index in [1.54, 1.807) is 24.3 Å². The van der Waals surface area contributed by atoms with Gasteiger partial charge in [0.15, 0.2) is 0 Å². The Morgan fingerprint density at radius 1 is 0.625 bits per heavy atom. The van der Waals surface area contributed by atoms with Crippen LogP contribution in [0.2, 0.25) is 0 Å². The van der Waals surface area contributed by atoms with Crippen LogP contribution in [0.15, 0.2) is 91.0 Å². The first kappa shape index (κ1) is 28.4. The third-order valence-electron chi connectivity index (χ3n) is 7.11.